The smallest absolute Gasteiger partial charge is 0.348 e. The number of thiophene rings is 1. The summed E-state index contributed by atoms with van der Waals surface area (Å²) in [4.78, 5) is 35.8. The van der Waals surface area contributed by atoms with Crippen LogP contribution in [-0.4, -0.2) is 52.5 Å². The summed E-state index contributed by atoms with van der Waals surface area (Å²) < 4.78 is 5.12. The van der Waals surface area contributed by atoms with Crippen LogP contribution in [0.15, 0.2) is 6.33 Å². The summed E-state index contributed by atoms with van der Waals surface area (Å²) >= 11 is 1.32. The minimum absolute atomic E-state index is 0.152. The van der Waals surface area contributed by atoms with Crippen LogP contribution in [0.1, 0.15) is 41.9 Å². The van der Waals surface area contributed by atoms with Gasteiger partial charge in [0.25, 0.3) is 0 Å². The Labute approximate surface area is 150 Å². The highest BCUT2D eigenvalue weighted by molar-refractivity contribution is 7.20. The number of carbonyl (C=O) groups is 2. The van der Waals surface area contributed by atoms with E-state index in [2.05, 4.69) is 15.3 Å². The quantitative estimate of drug-likeness (QED) is 0.823. The van der Waals surface area contributed by atoms with Crippen molar-refractivity contribution in [3.8, 4) is 0 Å². The molecule has 2 aromatic heterocycles. The maximum absolute atomic E-state index is 12.1. The monoisotopic (exact) mass is 362 g/mol. The number of esters is 1. The number of hydrogen-bond acceptors (Lipinski definition) is 7. The van der Waals surface area contributed by atoms with E-state index >= 15 is 0 Å². The summed E-state index contributed by atoms with van der Waals surface area (Å²) in [6, 6.07) is 0.152. The molecule has 2 aromatic rings. The van der Waals surface area contributed by atoms with Gasteiger partial charge in [0.05, 0.1) is 12.0 Å². The molecule has 1 aliphatic heterocycles. The van der Waals surface area contributed by atoms with Gasteiger partial charge in [-0.3, -0.25) is 4.79 Å². The first-order valence-electron chi connectivity index (χ1n) is 8.50. The fraction of sp³-hybridized carbons (Fsp3) is 0.529. The zero-order chi connectivity index (χ0) is 18.0. The van der Waals surface area contributed by atoms with Crippen LogP contribution in [0.25, 0.3) is 10.2 Å². The molecule has 3 heterocycles. The minimum Gasteiger partial charge on any atom is -0.462 e. The Bertz CT molecular complexity index is 805. The second-order valence-electron chi connectivity index (χ2n) is 6.00. The van der Waals surface area contributed by atoms with Crippen LogP contribution in [0.4, 0.5) is 5.82 Å². The van der Waals surface area contributed by atoms with Gasteiger partial charge in [0.15, 0.2) is 0 Å². The molecule has 25 heavy (non-hydrogen) atoms. The average Bonchev–Trinajstić information content (AvgIpc) is 3.20. The topological polar surface area (TPSA) is 84.4 Å². The molecule has 1 N–H and O–H groups in total. The highest BCUT2D eigenvalue weighted by Gasteiger charge is 2.27. The van der Waals surface area contributed by atoms with Crippen molar-refractivity contribution in [2.45, 2.75) is 39.7 Å². The average molecular weight is 362 g/mol. The third-order valence-corrected chi connectivity index (χ3v) is 5.55. The van der Waals surface area contributed by atoms with Crippen molar-refractivity contribution in [2.24, 2.45) is 0 Å². The van der Waals surface area contributed by atoms with E-state index in [1.54, 1.807) is 6.92 Å². The molecule has 1 amide bonds. The van der Waals surface area contributed by atoms with Crippen LogP contribution in [0.2, 0.25) is 0 Å². The summed E-state index contributed by atoms with van der Waals surface area (Å²) in [5.41, 5.74) is 0.834. The summed E-state index contributed by atoms with van der Waals surface area (Å²) in [6.45, 7) is 7.33. The Morgan fingerprint density at radius 1 is 1.40 bits per heavy atom. The van der Waals surface area contributed by atoms with Crippen LogP contribution in [-0.2, 0) is 9.53 Å². The third-order valence-electron chi connectivity index (χ3n) is 4.37. The number of rotatable bonds is 5. The van der Waals surface area contributed by atoms with E-state index in [-0.39, 0.29) is 17.9 Å². The SMILES string of the molecule is CCOC(=O)c1sc2ncnc(NC3CCN(C(=O)CC)C3)c2c1C. The molecule has 1 aliphatic rings. The number of carbonyl (C=O) groups excluding carboxylic acids is 2. The predicted octanol–water partition coefficient (Wildman–Crippen LogP) is 2.60. The molecule has 7 nitrogen and oxygen atoms in total. The number of amides is 1. The van der Waals surface area contributed by atoms with Gasteiger partial charge in [-0.15, -0.1) is 11.3 Å². The molecule has 1 atom stereocenters. The zero-order valence-corrected chi connectivity index (χ0v) is 15.5. The van der Waals surface area contributed by atoms with Crippen molar-refractivity contribution in [3.05, 3.63) is 16.8 Å². The first kappa shape index (κ1) is 17.6. The summed E-state index contributed by atoms with van der Waals surface area (Å²) in [5, 5.41) is 4.28. The number of aromatic nitrogens is 2. The van der Waals surface area contributed by atoms with Crippen molar-refractivity contribution in [1.29, 1.82) is 0 Å². The lowest BCUT2D eigenvalue weighted by Gasteiger charge is -2.17. The summed E-state index contributed by atoms with van der Waals surface area (Å²) in [5.74, 6) is 0.563. The van der Waals surface area contributed by atoms with Crippen molar-refractivity contribution < 1.29 is 14.3 Å². The molecule has 1 saturated heterocycles. The van der Waals surface area contributed by atoms with E-state index < -0.39 is 0 Å². The Morgan fingerprint density at radius 2 is 2.20 bits per heavy atom. The van der Waals surface area contributed by atoms with Gasteiger partial charge in [-0.1, -0.05) is 6.92 Å². The third kappa shape index (κ3) is 3.44. The maximum Gasteiger partial charge on any atom is 0.348 e. The van der Waals surface area contributed by atoms with E-state index in [1.165, 1.54) is 17.7 Å². The molecule has 0 bridgehead atoms. The Morgan fingerprint density at radius 3 is 2.92 bits per heavy atom. The zero-order valence-electron chi connectivity index (χ0n) is 14.7. The molecule has 0 spiro atoms. The molecule has 3 rings (SSSR count). The molecule has 8 heteroatoms. The van der Waals surface area contributed by atoms with Gasteiger partial charge in [0, 0.05) is 25.6 Å². The van der Waals surface area contributed by atoms with Gasteiger partial charge in [-0.25, -0.2) is 14.8 Å². The highest BCUT2D eigenvalue weighted by atomic mass is 32.1. The molecule has 1 fully saturated rings. The minimum atomic E-state index is -0.325. The van der Waals surface area contributed by atoms with Crippen molar-refractivity contribution in [3.63, 3.8) is 0 Å². The van der Waals surface area contributed by atoms with E-state index in [1.807, 2.05) is 18.7 Å². The molecule has 0 aliphatic carbocycles. The Balaban J connectivity index is 1.85. The molecular weight excluding hydrogens is 340 g/mol. The fourth-order valence-corrected chi connectivity index (χ4v) is 4.14. The van der Waals surface area contributed by atoms with E-state index in [0.717, 1.165) is 28.7 Å². The molecule has 1 unspecified atom stereocenters. The standard InChI is InChI=1S/C17H22N4O3S/c1-4-12(22)21-7-6-11(8-21)20-15-13-10(3)14(17(23)24-5-2)25-16(13)19-9-18-15/h9,11H,4-8H2,1-3H3,(H,18,19,20). The van der Waals surface area contributed by atoms with Crippen LogP contribution >= 0.6 is 11.3 Å². The van der Waals surface area contributed by atoms with Gasteiger partial charge in [0.2, 0.25) is 5.91 Å². The van der Waals surface area contributed by atoms with Crippen LogP contribution in [0.3, 0.4) is 0 Å². The number of anilines is 1. The van der Waals surface area contributed by atoms with E-state index in [9.17, 15) is 9.59 Å². The maximum atomic E-state index is 12.1. The van der Waals surface area contributed by atoms with Gasteiger partial charge in [-0.2, -0.15) is 0 Å². The lowest BCUT2D eigenvalue weighted by Crippen LogP contribution is -2.31. The molecule has 0 radical (unpaired) electrons. The highest BCUT2D eigenvalue weighted by Crippen LogP contribution is 2.34. The molecular formula is C17H22N4O3S. The normalized spacial score (nSPS) is 17.1. The predicted molar refractivity (Wildman–Crippen MR) is 97.0 cm³/mol. The van der Waals surface area contributed by atoms with Crippen LogP contribution in [0.5, 0.6) is 0 Å². The number of nitrogens with one attached hydrogen (secondary N) is 1. The Kier molecular flexibility index (Phi) is 5.17. The van der Waals surface area contributed by atoms with Gasteiger partial charge in [-0.05, 0) is 25.8 Å². The number of fused-ring (bicyclic) bond motifs is 1. The Hall–Kier alpha value is -2.22. The van der Waals surface area contributed by atoms with Crippen molar-refractivity contribution in [2.75, 3.05) is 25.0 Å². The number of nitrogens with zero attached hydrogens (tertiary/aromatic N) is 3. The molecule has 134 valence electrons. The van der Waals surface area contributed by atoms with Crippen molar-refractivity contribution in [1.82, 2.24) is 14.9 Å². The van der Waals surface area contributed by atoms with Crippen LogP contribution in [0, 0.1) is 6.92 Å². The lowest BCUT2D eigenvalue weighted by molar-refractivity contribution is -0.129. The lowest BCUT2D eigenvalue weighted by atomic mass is 10.2. The largest absolute Gasteiger partial charge is 0.462 e. The van der Waals surface area contributed by atoms with Crippen molar-refractivity contribution >= 4 is 39.2 Å². The number of aryl methyl sites for hydroxylation is 1. The number of ether oxygens (including phenoxy) is 1. The second-order valence-corrected chi connectivity index (χ2v) is 7.00. The fourth-order valence-electron chi connectivity index (χ4n) is 3.09. The van der Waals surface area contributed by atoms with Gasteiger partial charge >= 0.3 is 5.97 Å². The second kappa shape index (κ2) is 7.35. The van der Waals surface area contributed by atoms with Crippen LogP contribution < -0.4 is 5.32 Å². The van der Waals surface area contributed by atoms with Gasteiger partial charge < -0.3 is 15.0 Å². The first-order valence-corrected chi connectivity index (χ1v) is 9.32. The summed E-state index contributed by atoms with van der Waals surface area (Å²) in [6.07, 6.45) is 2.90. The first-order chi connectivity index (χ1) is 12.0. The number of hydrogen-bond donors (Lipinski definition) is 1. The summed E-state index contributed by atoms with van der Waals surface area (Å²) in [7, 11) is 0. The van der Waals surface area contributed by atoms with E-state index in [0.29, 0.717) is 30.3 Å². The van der Waals surface area contributed by atoms with Gasteiger partial charge in [0.1, 0.15) is 21.9 Å². The number of likely N-dealkylation sites (tertiary alicyclic amines) is 1. The van der Waals surface area contributed by atoms with E-state index in [4.69, 9.17) is 4.74 Å². The molecule has 0 saturated carbocycles. The molecule has 0 aromatic carbocycles.